The minimum absolute atomic E-state index is 0.253. The number of pyridine rings is 1. The summed E-state index contributed by atoms with van der Waals surface area (Å²) in [5.74, 6) is -0.386. The molecule has 0 aliphatic carbocycles. The van der Waals surface area contributed by atoms with Gasteiger partial charge in [-0.2, -0.15) is 0 Å². The molecule has 22 heavy (non-hydrogen) atoms. The molecule has 0 radical (unpaired) electrons. The van der Waals surface area contributed by atoms with Crippen molar-refractivity contribution in [1.29, 1.82) is 0 Å². The maximum absolute atomic E-state index is 11.4. The van der Waals surface area contributed by atoms with Gasteiger partial charge in [0.15, 0.2) is 8.32 Å². The first-order valence-corrected chi connectivity index (χ1v) is 10.8. The molecule has 0 fully saturated rings. The zero-order valence-electron chi connectivity index (χ0n) is 14.7. The highest BCUT2D eigenvalue weighted by Crippen LogP contribution is 2.36. The van der Waals surface area contributed by atoms with Crippen LogP contribution in [-0.4, -0.2) is 33.0 Å². The Morgan fingerprint density at radius 1 is 1.23 bits per heavy atom. The van der Waals surface area contributed by atoms with E-state index in [9.17, 15) is 4.79 Å². The van der Waals surface area contributed by atoms with Crippen LogP contribution in [0.2, 0.25) is 18.1 Å². The predicted octanol–water partition coefficient (Wildman–Crippen LogP) is 4.21. The Morgan fingerprint density at radius 3 is 2.50 bits per heavy atom. The Bertz CT molecular complexity index is 495. The third-order valence-corrected chi connectivity index (χ3v) is 8.84. The zero-order chi connectivity index (χ0) is 16.8. The van der Waals surface area contributed by atoms with Crippen LogP contribution in [0.25, 0.3) is 0 Å². The molecule has 0 spiro atoms. The van der Waals surface area contributed by atoms with E-state index in [1.165, 1.54) is 7.11 Å². The molecule has 4 nitrogen and oxygen atoms in total. The lowest BCUT2D eigenvalue weighted by Gasteiger charge is -2.36. The molecule has 1 rings (SSSR count). The van der Waals surface area contributed by atoms with Crippen molar-refractivity contribution in [1.82, 2.24) is 4.98 Å². The van der Waals surface area contributed by atoms with Gasteiger partial charge in [0, 0.05) is 12.3 Å². The number of unbranched alkanes of at least 4 members (excludes halogenated alkanes) is 1. The number of hydrogen-bond donors (Lipinski definition) is 0. The molecular weight excluding hydrogens is 294 g/mol. The third-order valence-electron chi connectivity index (χ3n) is 4.30. The molecule has 0 N–H and O–H groups in total. The maximum atomic E-state index is 11.4. The van der Waals surface area contributed by atoms with E-state index in [0.717, 1.165) is 31.6 Å². The number of nitrogens with zero attached hydrogens (tertiary/aromatic N) is 1. The molecule has 1 heterocycles. The van der Waals surface area contributed by atoms with Crippen LogP contribution in [0.3, 0.4) is 0 Å². The molecule has 0 saturated carbocycles. The topological polar surface area (TPSA) is 48.4 Å². The summed E-state index contributed by atoms with van der Waals surface area (Å²) in [5, 5.41) is 0.253. The summed E-state index contributed by atoms with van der Waals surface area (Å²) in [7, 11) is -0.270. The van der Waals surface area contributed by atoms with Gasteiger partial charge in [0.05, 0.1) is 7.11 Å². The molecule has 0 aliphatic rings. The molecular formula is C17H29NO3Si. The van der Waals surface area contributed by atoms with Crippen LogP contribution in [0, 0.1) is 0 Å². The first-order valence-electron chi connectivity index (χ1n) is 7.85. The number of aryl methyl sites for hydroxylation is 1. The fourth-order valence-electron chi connectivity index (χ4n) is 1.79. The van der Waals surface area contributed by atoms with Crippen molar-refractivity contribution < 1.29 is 14.0 Å². The summed E-state index contributed by atoms with van der Waals surface area (Å²) >= 11 is 0. The molecule has 0 aromatic carbocycles. The van der Waals surface area contributed by atoms with Crippen LogP contribution >= 0.6 is 0 Å². The second kappa shape index (κ2) is 7.88. The molecule has 1 aromatic rings. The van der Waals surface area contributed by atoms with E-state index in [4.69, 9.17) is 4.43 Å². The van der Waals surface area contributed by atoms with Gasteiger partial charge < -0.3 is 9.16 Å². The van der Waals surface area contributed by atoms with E-state index < -0.39 is 8.32 Å². The molecule has 0 bridgehead atoms. The number of ether oxygens (including phenoxy) is 1. The highest BCUT2D eigenvalue weighted by molar-refractivity contribution is 6.74. The van der Waals surface area contributed by atoms with Crippen LogP contribution in [0.15, 0.2) is 18.2 Å². The standard InChI is InChI=1S/C17H29NO3Si/c1-17(2,3)22(5,6)21-13-8-7-10-14-11-9-12-15(18-14)16(19)20-4/h9,11-12H,7-8,10,13H2,1-6H3. The van der Waals surface area contributed by atoms with Crippen molar-refractivity contribution in [3.8, 4) is 0 Å². The minimum Gasteiger partial charge on any atom is -0.464 e. The Morgan fingerprint density at radius 2 is 1.91 bits per heavy atom. The molecule has 5 heteroatoms. The highest BCUT2D eigenvalue weighted by atomic mass is 28.4. The van der Waals surface area contributed by atoms with Gasteiger partial charge in [-0.1, -0.05) is 26.8 Å². The first-order chi connectivity index (χ1) is 10.2. The van der Waals surface area contributed by atoms with Crippen molar-refractivity contribution >= 4 is 14.3 Å². The monoisotopic (exact) mass is 323 g/mol. The smallest absolute Gasteiger partial charge is 0.356 e. The third kappa shape index (κ3) is 5.53. The number of hydrogen-bond acceptors (Lipinski definition) is 4. The number of rotatable bonds is 7. The number of methoxy groups -OCH3 is 1. The van der Waals surface area contributed by atoms with Gasteiger partial charge in [0.25, 0.3) is 0 Å². The van der Waals surface area contributed by atoms with E-state index in [1.54, 1.807) is 6.07 Å². The molecule has 0 atom stereocenters. The summed E-state index contributed by atoms with van der Waals surface area (Å²) in [6, 6.07) is 5.47. The van der Waals surface area contributed by atoms with Crippen LogP contribution in [0.1, 0.15) is 49.8 Å². The van der Waals surface area contributed by atoms with Gasteiger partial charge in [0.2, 0.25) is 0 Å². The maximum Gasteiger partial charge on any atom is 0.356 e. The Hall–Kier alpha value is -1.20. The summed E-state index contributed by atoms with van der Waals surface area (Å²) in [6.45, 7) is 12.1. The lowest BCUT2D eigenvalue weighted by Crippen LogP contribution is -2.40. The zero-order valence-corrected chi connectivity index (χ0v) is 15.7. The van der Waals surface area contributed by atoms with Crippen molar-refractivity contribution in [3.63, 3.8) is 0 Å². The second-order valence-corrected chi connectivity index (χ2v) is 11.9. The predicted molar refractivity (Wildman–Crippen MR) is 91.7 cm³/mol. The van der Waals surface area contributed by atoms with Gasteiger partial charge >= 0.3 is 5.97 Å². The largest absolute Gasteiger partial charge is 0.464 e. The fourth-order valence-corrected chi connectivity index (χ4v) is 2.88. The minimum atomic E-state index is -1.64. The van der Waals surface area contributed by atoms with Crippen LogP contribution in [0.4, 0.5) is 0 Å². The average molecular weight is 324 g/mol. The fraction of sp³-hybridized carbons (Fsp3) is 0.647. The number of carbonyl (C=O) groups excluding carboxylic acids is 1. The molecule has 0 saturated heterocycles. The van der Waals surface area contributed by atoms with Crippen LogP contribution in [0.5, 0.6) is 0 Å². The van der Waals surface area contributed by atoms with Crippen molar-refractivity contribution in [2.75, 3.05) is 13.7 Å². The summed E-state index contributed by atoms with van der Waals surface area (Å²) in [4.78, 5) is 15.8. The number of esters is 1. The molecule has 124 valence electrons. The van der Waals surface area contributed by atoms with Gasteiger partial charge in [-0.15, -0.1) is 0 Å². The Balaban J connectivity index is 2.38. The summed E-state index contributed by atoms with van der Waals surface area (Å²) in [5.41, 5.74) is 1.30. The van der Waals surface area contributed by atoms with E-state index >= 15 is 0 Å². The van der Waals surface area contributed by atoms with Crippen molar-refractivity contribution in [3.05, 3.63) is 29.6 Å². The quantitative estimate of drug-likeness (QED) is 0.428. The molecule has 0 aliphatic heterocycles. The average Bonchev–Trinajstić information content (AvgIpc) is 2.45. The van der Waals surface area contributed by atoms with Crippen molar-refractivity contribution in [2.45, 2.75) is 58.2 Å². The summed E-state index contributed by atoms with van der Waals surface area (Å²) < 4.78 is 10.8. The highest BCUT2D eigenvalue weighted by Gasteiger charge is 2.36. The molecule has 1 aromatic heterocycles. The van der Waals surface area contributed by atoms with Crippen LogP contribution in [-0.2, 0) is 15.6 Å². The number of carbonyl (C=O) groups is 1. The van der Waals surface area contributed by atoms with Gasteiger partial charge in [-0.25, -0.2) is 9.78 Å². The van der Waals surface area contributed by atoms with Gasteiger partial charge in [-0.05, 0) is 49.5 Å². The Kier molecular flexibility index (Phi) is 6.75. The normalized spacial score (nSPS) is 12.3. The lowest BCUT2D eigenvalue weighted by molar-refractivity contribution is 0.0593. The second-order valence-electron chi connectivity index (χ2n) is 7.07. The molecule has 0 amide bonds. The van der Waals surface area contributed by atoms with E-state index in [1.807, 2.05) is 12.1 Å². The van der Waals surface area contributed by atoms with E-state index in [-0.39, 0.29) is 11.0 Å². The molecule has 0 unspecified atom stereocenters. The Labute approximate surface area is 135 Å². The van der Waals surface area contributed by atoms with Crippen LogP contribution < -0.4 is 0 Å². The lowest BCUT2D eigenvalue weighted by atomic mass is 10.2. The van der Waals surface area contributed by atoms with Gasteiger partial charge in [-0.3, -0.25) is 0 Å². The van der Waals surface area contributed by atoms with Crippen molar-refractivity contribution in [2.24, 2.45) is 0 Å². The van der Waals surface area contributed by atoms with E-state index in [2.05, 4.69) is 43.6 Å². The summed E-state index contributed by atoms with van der Waals surface area (Å²) in [6.07, 6.45) is 2.87. The van der Waals surface area contributed by atoms with E-state index in [0.29, 0.717) is 5.69 Å². The first kappa shape index (κ1) is 18.8. The van der Waals surface area contributed by atoms with Gasteiger partial charge in [0.1, 0.15) is 5.69 Å². The number of aromatic nitrogens is 1. The SMILES string of the molecule is COC(=O)c1cccc(CCCCO[Si](C)(C)C(C)(C)C)n1.